The highest BCUT2D eigenvalue weighted by Gasteiger charge is 2.28. The van der Waals surface area contributed by atoms with Crippen LogP contribution in [0.3, 0.4) is 0 Å². The summed E-state index contributed by atoms with van der Waals surface area (Å²) in [6.07, 6.45) is 4.93. The number of hydrogen-bond donors (Lipinski definition) is 3. The summed E-state index contributed by atoms with van der Waals surface area (Å²) in [6.45, 7) is 2.23. The van der Waals surface area contributed by atoms with E-state index in [4.69, 9.17) is 4.98 Å². The molecule has 5 aromatic heterocycles. The molecule has 1 aliphatic heterocycles. The zero-order chi connectivity index (χ0) is 25.0. The van der Waals surface area contributed by atoms with Crippen LogP contribution >= 0.6 is 0 Å². The minimum atomic E-state index is -1.07. The van der Waals surface area contributed by atoms with E-state index in [1.807, 2.05) is 30.5 Å². The van der Waals surface area contributed by atoms with Crippen molar-refractivity contribution in [3.63, 3.8) is 0 Å². The first kappa shape index (κ1) is 22.1. The first-order chi connectivity index (χ1) is 17.4. The summed E-state index contributed by atoms with van der Waals surface area (Å²) in [5, 5.41) is 10.9. The van der Waals surface area contributed by atoms with Gasteiger partial charge < -0.3 is 15.0 Å². The third-order valence-corrected chi connectivity index (χ3v) is 6.81. The molecular weight excluding hydrogens is 462 g/mol. The maximum absolute atomic E-state index is 13.1. The molecule has 1 saturated heterocycles. The van der Waals surface area contributed by atoms with Gasteiger partial charge in [0.2, 0.25) is 0 Å². The van der Waals surface area contributed by atoms with Gasteiger partial charge in [-0.25, -0.2) is 14.8 Å². The highest BCUT2D eigenvalue weighted by Crippen LogP contribution is 2.29. The fourth-order valence-electron chi connectivity index (χ4n) is 4.99. The van der Waals surface area contributed by atoms with E-state index < -0.39 is 17.4 Å². The van der Waals surface area contributed by atoms with Crippen LogP contribution in [-0.4, -0.2) is 64.6 Å². The van der Waals surface area contributed by atoms with Crippen molar-refractivity contribution in [1.29, 1.82) is 0 Å². The summed E-state index contributed by atoms with van der Waals surface area (Å²) in [7, 11) is 0. The summed E-state index contributed by atoms with van der Waals surface area (Å²) >= 11 is 0. The van der Waals surface area contributed by atoms with Crippen molar-refractivity contribution in [3.8, 4) is 11.3 Å². The number of fused-ring (bicyclic) bond motifs is 4. The van der Waals surface area contributed by atoms with Crippen molar-refractivity contribution in [2.45, 2.75) is 31.9 Å². The molecule has 11 heteroatoms. The van der Waals surface area contributed by atoms with Crippen LogP contribution in [0.15, 0.2) is 52.4 Å². The molecule has 6 rings (SSSR count). The number of nitrogens with one attached hydrogen (secondary N) is 2. The Hall–Kier alpha value is -4.38. The van der Waals surface area contributed by atoms with Crippen molar-refractivity contribution in [2.24, 2.45) is 0 Å². The van der Waals surface area contributed by atoms with Crippen molar-refractivity contribution in [1.82, 2.24) is 34.4 Å². The van der Waals surface area contributed by atoms with Gasteiger partial charge in [0.1, 0.15) is 17.3 Å². The Labute approximate surface area is 203 Å². The van der Waals surface area contributed by atoms with E-state index in [0.29, 0.717) is 48.2 Å². The highest BCUT2D eigenvalue weighted by molar-refractivity contribution is 6.01. The van der Waals surface area contributed by atoms with E-state index in [1.54, 1.807) is 15.7 Å². The Balaban J connectivity index is 1.51. The molecule has 1 amide bonds. The molecule has 0 radical (unpaired) electrons. The van der Waals surface area contributed by atoms with Crippen LogP contribution in [0.2, 0.25) is 0 Å². The summed E-state index contributed by atoms with van der Waals surface area (Å²) in [4.78, 5) is 58.8. The van der Waals surface area contributed by atoms with Gasteiger partial charge in [-0.15, -0.1) is 0 Å². The minimum Gasteiger partial charge on any atom is -0.384 e. The molecule has 11 nitrogen and oxygen atoms in total. The number of aliphatic hydroxyl groups excluding tert-OH is 1. The molecule has 0 aliphatic carbocycles. The van der Waals surface area contributed by atoms with Gasteiger partial charge in [0.05, 0.1) is 22.1 Å². The zero-order valence-corrected chi connectivity index (χ0v) is 19.4. The number of pyridine rings is 3. The molecule has 3 N–H and O–H groups in total. The largest absolute Gasteiger partial charge is 0.384 e. The maximum atomic E-state index is 13.1. The van der Waals surface area contributed by atoms with E-state index in [9.17, 15) is 19.5 Å². The Bertz CT molecular complexity index is 1760. The summed E-state index contributed by atoms with van der Waals surface area (Å²) in [5.74, 6) is -0.332. The smallest absolute Gasteiger partial charge is 0.329 e. The Morgan fingerprint density at radius 3 is 2.72 bits per heavy atom. The Morgan fingerprint density at radius 1 is 1.14 bits per heavy atom. The predicted molar refractivity (Wildman–Crippen MR) is 134 cm³/mol. The summed E-state index contributed by atoms with van der Waals surface area (Å²) in [6, 6.07) is 7.30. The second-order valence-electron chi connectivity index (χ2n) is 9.09. The number of nitrogens with zero attached hydrogens (tertiary/aromatic N) is 5. The number of H-pyrrole nitrogens is 2. The van der Waals surface area contributed by atoms with Gasteiger partial charge in [-0.2, -0.15) is 0 Å². The standard InChI is InChI=1S/C25H23N7O4/c1-13(33)24(35)31-8-5-16(6-9-31)32-21-17(23(34)30-25(32)36)12-27-19-3-2-18(29-20(19)21)15-10-14-4-7-26-22(14)28-11-15/h2-4,7,10-13,16,33H,5-6,8-9H2,1H3,(H,26,28)(H,30,34,36)/t13-/m1/s1. The second kappa shape index (κ2) is 8.38. The SMILES string of the molecule is C[C@@H](O)C(=O)N1CCC(n2c(=O)[nH]c(=O)c3cnc4ccc(-c5cnc6[nH]ccc6c5)nc4c32)CC1. The molecule has 182 valence electrons. The number of amides is 1. The molecule has 1 aliphatic rings. The number of aromatic nitrogens is 6. The van der Waals surface area contributed by atoms with Crippen LogP contribution in [0.1, 0.15) is 25.8 Å². The lowest BCUT2D eigenvalue weighted by Crippen LogP contribution is -2.45. The van der Waals surface area contributed by atoms with Gasteiger partial charge in [-0.3, -0.25) is 24.1 Å². The molecule has 36 heavy (non-hydrogen) atoms. The van der Waals surface area contributed by atoms with E-state index in [-0.39, 0.29) is 17.3 Å². The van der Waals surface area contributed by atoms with E-state index >= 15 is 0 Å². The van der Waals surface area contributed by atoms with Gasteiger partial charge >= 0.3 is 5.69 Å². The quantitative estimate of drug-likeness (QED) is 0.329. The van der Waals surface area contributed by atoms with E-state index in [1.165, 1.54) is 13.1 Å². The normalized spacial score (nSPS) is 15.7. The number of piperidine rings is 1. The van der Waals surface area contributed by atoms with Gasteiger partial charge in [-0.05, 0) is 44.0 Å². The van der Waals surface area contributed by atoms with Crippen LogP contribution in [-0.2, 0) is 4.79 Å². The first-order valence-corrected chi connectivity index (χ1v) is 11.8. The number of hydrogen-bond acceptors (Lipinski definition) is 7. The number of carbonyl (C=O) groups excluding carboxylic acids is 1. The number of aromatic amines is 2. The lowest BCUT2D eigenvalue weighted by Gasteiger charge is -2.34. The first-order valence-electron chi connectivity index (χ1n) is 11.8. The van der Waals surface area contributed by atoms with Gasteiger partial charge in [0.15, 0.2) is 0 Å². The second-order valence-corrected chi connectivity index (χ2v) is 9.09. The molecule has 0 saturated carbocycles. The van der Waals surface area contributed by atoms with Crippen molar-refractivity contribution in [2.75, 3.05) is 13.1 Å². The third-order valence-electron chi connectivity index (χ3n) is 6.81. The predicted octanol–water partition coefficient (Wildman–Crippen LogP) is 1.72. The number of carbonyl (C=O) groups is 1. The molecule has 0 unspecified atom stereocenters. The fraction of sp³-hybridized carbons (Fsp3) is 0.280. The number of rotatable bonds is 3. The minimum absolute atomic E-state index is 0.260. The number of aliphatic hydroxyl groups is 1. The molecule has 0 aromatic carbocycles. The van der Waals surface area contributed by atoms with Crippen LogP contribution in [0.25, 0.3) is 44.2 Å². The molecular formula is C25H23N7O4. The van der Waals surface area contributed by atoms with E-state index in [2.05, 4.69) is 19.9 Å². The highest BCUT2D eigenvalue weighted by atomic mass is 16.3. The summed E-state index contributed by atoms with van der Waals surface area (Å²) in [5.41, 5.74) is 2.59. The zero-order valence-electron chi connectivity index (χ0n) is 19.4. The topological polar surface area (TPSA) is 150 Å². The van der Waals surface area contributed by atoms with Crippen LogP contribution in [0.4, 0.5) is 0 Å². The van der Waals surface area contributed by atoms with Crippen LogP contribution in [0.5, 0.6) is 0 Å². The van der Waals surface area contributed by atoms with Crippen molar-refractivity contribution < 1.29 is 9.90 Å². The van der Waals surface area contributed by atoms with Crippen molar-refractivity contribution in [3.05, 3.63) is 63.7 Å². The average molecular weight is 486 g/mol. The maximum Gasteiger partial charge on any atom is 0.329 e. The lowest BCUT2D eigenvalue weighted by molar-refractivity contribution is -0.140. The molecule has 1 atom stereocenters. The Morgan fingerprint density at radius 2 is 1.94 bits per heavy atom. The fourth-order valence-corrected chi connectivity index (χ4v) is 4.99. The van der Waals surface area contributed by atoms with Gasteiger partial charge in [0.25, 0.3) is 11.5 Å². The third kappa shape index (κ3) is 3.55. The van der Waals surface area contributed by atoms with Gasteiger partial charge in [0, 0.05) is 48.7 Å². The monoisotopic (exact) mass is 485 g/mol. The molecule has 6 heterocycles. The van der Waals surface area contributed by atoms with E-state index in [0.717, 1.165) is 16.6 Å². The van der Waals surface area contributed by atoms with Crippen LogP contribution < -0.4 is 11.2 Å². The lowest BCUT2D eigenvalue weighted by atomic mass is 10.0. The van der Waals surface area contributed by atoms with Crippen LogP contribution in [0, 0.1) is 0 Å². The van der Waals surface area contributed by atoms with Crippen molar-refractivity contribution >= 4 is 38.9 Å². The molecule has 0 bridgehead atoms. The Kier molecular flexibility index (Phi) is 5.15. The molecule has 5 aromatic rings. The molecule has 1 fully saturated rings. The van der Waals surface area contributed by atoms with Gasteiger partial charge in [-0.1, -0.05) is 0 Å². The number of likely N-dealkylation sites (tertiary alicyclic amines) is 1. The molecule has 0 spiro atoms. The average Bonchev–Trinajstić information content (AvgIpc) is 3.36. The summed E-state index contributed by atoms with van der Waals surface area (Å²) < 4.78 is 1.58.